The second kappa shape index (κ2) is 11.7. The third kappa shape index (κ3) is 10.3. The van der Waals surface area contributed by atoms with Crippen LogP contribution < -0.4 is 0 Å². The average Bonchev–Trinajstić information content (AvgIpc) is 2.61. The molecule has 26 heavy (non-hydrogen) atoms. The van der Waals surface area contributed by atoms with E-state index >= 15 is 0 Å². The number of hydrogen-bond donors (Lipinski definition) is 2. The van der Waals surface area contributed by atoms with E-state index in [-0.39, 0.29) is 24.0 Å². The highest BCUT2D eigenvalue weighted by atomic mass is 16.5. The predicted molar refractivity (Wildman–Crippen MR) is 106 cm³/mol. The first kappa shape index (κ1) is 23.1. The van der Waals surface area contributed by atoms with Crippen molar-refractivity contribution in [3.05, 3.63) is 35.4 Å². The second-order valence-electron chi connectivity index (χ2n) is 8.78. The molecule has 0 aliphatic heterocycles. The smallest absolute Gasteiger partial charge is 0.0716 e. The van der Waals surface area contributed by atoms with Gasteiger partial charge in [0.2, 0.25) is 0 Å². The Labute approximate surface area is 159 Å². The van der Waals surface area contributed by atoms with Crippen molar-refractivity contribution in [1.82, 2.24) is 0 Å². The highest BCUT2D eigenvalue weighted by molar-refractivity contribution is 5.22. The van der Waals surface area contributed by atoms with Crippen LogP contribution in [-0.2, 0) is 22.7 Å². The number of rotatable bonds is 14. The summed E-state index contributed by atoms with van der Waals surface area (Å²) in [5.41, 5.74) is 2.28. The summed E-state index contributed by atoms with van der Waals surface area (Å²) in [6, 6.07) is 8.33. The van der Waals surface area contributed by atoms with Gasteiger partial charge >= 0.3 is 0 Å². The minimum Gasteiger partial charge on any atom is -0.396 e. The van der Waals surface area contributed by atoms with E-state index in [1.165, 1.54) is 0 Å². The molecule has 0 heterocycles. The van der Waals surface area contributed by atoms with Crippen LogP contribution in [-0.4, -0.2) is 36.6 Å². The minimum atomic E-state index is -0.0208. The van der Waals surface area contributed by atoms with E-state index in [2.05, 4.69) is 45.9 Å². The normalized spacial score (nSPS) is 12.5. The molecule has 0 aromatic heterocycles. The summed E-state index contributed by atoms with van der Waals surface area (Å²) in [6.45, 7) is 11.4. The van der Waals surface area contributed by atoms with Crippen LogP contribution >= 0.6 is 0 Å². The predicted octanol–water partition coefficient (Wildman–Crippen LogP) is 4.32. The van der Waals surface area contributed by atoms with Crippen molar-refractivity contribution in [3.63, 3.8) is 0 Å². The van der Waals surface area contributed by atoms with Crippen LogP contribution in [0.4, 0.5) is 0 Å². The van der Waals surface area contributed by atoms with Crippen LogP contribution in [0.15, 0.2) is 24.3 Å². The Bertz CT molecular complexity index is 455. The van der Waals surface area contributed by atoms with Crippen molar-refractivity contribution in [1.29, 1.82) is 0 Å². The van der Waals surface area contributed by atoms with Gasteiger partial charge in [0, 0.05) is 26.4 Å². The van der Waals surface area contributed by atoms with Crippen LogP contribution in [0.25, 0.3) is 0 Å². The zero-order chi connectivity index (χ0) is 19.5. The molecule has 4 nitrogen and oxygen atoms in total. The number of benzene rings is 1. The second-order valence-corrected chi connectivity index (χ2v) is 8.78. The molecule has 1 rings (SSSR count). The number of aliphatic hydroxyl groups excluding tert-OH is 2. The first-order valence-electron chi connectivity index (χ1n) is 9.73. The zero-order valence-electron chi connectivity index (χ0n) is 17.1. The number of hydrogen-bond acceptors (Lipinski definition) is 4. The monoisotopic (exact) mass is 366 g/mol. The van der Waals surface area contributed by atoms with Gasteiger partial charge < -0.3 is 19.7 Å². The van der Waals surface area contributed by atoms with Crippen LogP contribution in [0.2, 0.25) is 0 Å². The highest BCUT2D eigenvalue weighted by Crippen LogP contribution is 2.22. The largest absolute Gasteiger partial charge is 0.396 e. The zero-order valence-corrected chi connectivity index (χ0v) is 17.1. The van der Waals surface area contributed by atoms with Gasteiger partial charge in [-0.25, -0.2) is 0 Å². The summed E-state index contributed by atoms with van der Waals surface area (Å²) in [5.74, 6) is 0. The fourth-order valence-electron chi connectivity index (χ4n) is 2.65. The lowest BCUT2D eigenvalue weighted by Crippen LogP contribution is -2.17. The molecule has 150 valence electrons. The molecular formula is C22H38O4. The summed E-state index contributed by atoms with van der Waals surface area (Å²) < 4.78 is 11.5. The van der Waals surface area contributed by atoms with Crippen molar-refractivity contribution in [2.75, 3.05) is 26.4 Å². The molecule has 0 radical (unpaired) electrons. The van der Waals surface area contributed by atoms with Crippen molar-refractivity contribution >= 4 is 0 Å². The molecule has 1 aromatic carbocycles. The third-order valence-electron chi connectivity index (χ3n) is 4.67. The third-order valence-corrected chi connectivity index (χ3v) is 4.67. The minimum absolute atomic E-state index is 0.0208. The lowest BCUT2D eigenvalue weighted by Gasteiger charge is -2.21. The Hall–Kier alpha value is -0.940. The van der Waals surface area contributed by atoms with Crippen LogP contribution in [0.5, 0.6) is 0 Å². The van der Waals surface area contributed by atoms with Crippen LogP contribution in [0.1, 0.15) is 64.5 Å². The molecule has 0 bridgehead atoms. The first-order valence-corrected chi connectivity index (χ1v) is 9.73. The maximum atomic E-state index is 9.25. The SMILES string of the molecule is CC(C)(CO)CCCOCc1cccc(COCCCC(C)(C)CO)c1. The molecule has 0 aliphatic rings. The van der Waals surface area contributed by atoms with Crippen molar-refractivity contribution in [3.8, 4) is 0 Å². The Balaban J connectivity index is 2.22. The Morgan fingerprint density at radius 2 is 1.19 bits per heavy atom. The summed E-state index contributed by atoms with van der Waals surface area (Å²) in [4.78, 5) is 0. The Kier molecular flexibility index (Phi) is 10.4. The van der Waals surface area contributed by atoms with Gasteiger partial charge in [-0.05, 0) is 47.6 Å². The van der Waals surface area contributed by atoms with E-state index in [4.69, 9.17) is 9.47 Å². The lowest BCUT2D eigenvalue weighted by molar-refractivity contribution is 0.0912. The molecule has 0 unspecified atom stereocenters. The van der Waals surface area contributed by atoms with Gasteiger partial charge in [0.05, 0.1) is 13.2 Å². The maximum Gasteiger partial charge on any atom is 0.0716 e. The molecule has 0 atom stereocenters. The van der Waals surface area contributed by atoms with Gasteiger partial charge in [-0.1, -0.05) is 52.0 Å². The van der Waals surface area contributed by atoms with Gasteiger partial charge in [-0.15, -0.1) is 0 Å². The molecule has 0 fully saturated rings. The van der Waals surface area contributed by atoms with Gasteiger partial charge in [-0.2, -0.15) is 0 Å². The van der Waals surface area contributed by atoms with E-state index < -0.39 is 0 Å². The highest BCUT2D eigenvalue weighted by Gasteiger charge is 2.16. The van der Waals surface area contributed by atoms with E-state index in [9.17, 15) is 10.2 Å². The van der Waals surface area contributed by atoms with Gasteiger partial charge in [0.25, 0.3) is 0 Å². The molecule has 0 spiro atoms. The maximum absolute atomic E-state index is 9.25. The molecule has 4 heteroatoms. The molecule has 0 saturated heterocycles. The van der Waals surface area contributed by atoms with E-state index in [1.54, 1.807) is 0 Å². The number of aliphatic hydroxyl groups is 2. The quantitative estimate of drug-likeness (QED) is 0.482. The van der Waals surface area contributed by atoms with Crippen molar-refractivity contribution < 1.29 is 19.7 Å². The number of ether oxygens (including phenoxy) is 2. The molecule has 0 aliphatic carbocycles. The Morgan fingerprint density at radius 1 is 0.769 bits per heavy atom. The standard InChI is InChI=1S/C22H38O4/c1-21(2,17-23)10-6-12-25-15-19-8-5-9-20(14-19)16-26-13-7-11-22(3,4)18-24/h5,8-9,14,23-24H,6-7,10-13,15-18H2,1-4H3. The molecule has 0 amide bonds. The van der Waals surface area contributed by atoms with E-state index in [0.717, 1.165) is 36.8 Å². The fourth-order valence-corrected chi connectivity index (χ4v) is 2.65. The van der Waals surface area contributed by atoms with Gasteiger partial charge in [-0.3, -0.25) is 0 Å². The van der Waals surface area contributed by atoms with Crippen LogP contribution in [0, 0.1) is 10.8 Å². The van der Waals surface area contributed by atoms with Crippen molar-refractivity contribution in [2.45, 2.75) is 66.6 Å². The fraction of sp³-hybridized carbons (Fsp3) is 0.727. The molecule has 0 saturated carbocycles. The molecule has 1 aromatic rings. The Morgan fingerprint density at radius 3 is 1.58 bits per heavy atom. The summed E-state index contributed by atoms with van der Waals surface area (Å²) in [5, 5.41) is 18.5. The molecule has 2 N–H and O–H groups in total. The lowest BCUT2D eigenvalue weighted by atomic mass is 9.89. The summed E-state index contributed by atoms with van der Waals surface area (Å²) >= 11 is 0. The average molecular weight is 367 g/mol. The first-order chi connectivity index (χ1) is 12.3. The van der Waals surface area contributed by atoms with Gasteiger partial charge in [0.15, 0.2) is 0 Å². The van der Waals surface area contributed by atoms with E-state index in [0.29, 0.717) is 26.4 Å². The molecular weight excluding hydrogens is 328 g/mol. The van der Waals surface area contributed by atoms with Crippen molar-refractivity contribution in [2.24, 2.45) is 10.8 Å². The summed E-state index contributed by atoms with van der Waals surface area (Å²) in [7, 11) is 0. The van der Waals surface area contributed by atoms with Gasteiger partial charge in [0.1, 0.15) is 0 Å². The van der Waals surface area contributed by atoms with Crippen LogP contribution in [0.3, 0.4) is 0 Å². The van der Waals surface area contributed by atoms with E-state index in [1.807, 2.05) is 6.07 Å². The summed E-state index contributed by atoms with van der Waals surface area (Å²) in [6.07, 6.45) is 3.84. The topological polar surface area (TPSA) is 58.9 Å².